The Hall–Kier alpha value is -3.46. The van der Waals surface area contributed by atoms with Gasteiger partial charge in [0.15, 0.2) is 11.6 Å². The van der Waals surface area contributed by atoms with Gasteiger partial charge in [-0.25, -0.2) is 18.4 Å². The molecule has 0 bridgehead atoms. The van der Waals surface area contributed by atoms with Gasteiger partial charge >= 0.3 is 0 Å². The molecule has 2 heterocycles. The largest absolute Gasteiger partial charge is 0.337 e. The van der Waals surface area contributed by atoms with Crippen molar-refractivity contribution in [3.63, 3.8) is 0 Å². The van der Waals surface area contributed by atoms with Gasteiger partial charge in [-0.2, -0.15) is 5.10 Å². The lowest BCUT2D eigenvalue weighted by Crippen LogP contribution is -2.15. The minimum Gasteiger partial charge on any atom is -0.337 e. The first-order chi connectivity index (χ1) is 14.3. The van der Waals surface area contributed by atoms with Gasteiger partial charge in [0.2, 0.25) is 0 Å². The fourth-order valence-electron chi connectivity index (χ4n) is 3.12. The number of fused-ring (bicyclic) bond motifs is 1. The van der Waals surface area contributed by atoms with Crippen LogP contribution in [0.1, 0.15) is 25.3 Å². The van der Waals surface area contributed by atoms with Crippen LogP contribution in [0.3, 0.4) is 0 Å². The molecule has 0 saturated heterocycles. The predicted molar refractivity (Wildman–Crippen MR) is 117 cm³/mol. The number of nitrogens with zero attached hydrogens (tertiary/aromatic N) is 4. The second kappa shape index (κ2) is 7.75. The summed E-state index contributed by atoms with van der Waals surface area (Å²) in [4.78, 5) is 9.20. The number of aromatic nitrogens is 4. The number of rotatable bonds is 6. The number of hydrogen-bond donors (Lipinski definition) is 2. The van der Waals surface area contributed by atoms with Gasteiger partial charge in [0.05, 0.1) is 17.2 Å². The molecule has 0 aliphatic carbocycles. The third-order valence-corrected chi connectivity index (χ3v) is 5.92. The van der Waals surface area contributed by atoms with Crippen LogP contribution in [0.25, 0.3) is 11.0 Å². The number of nitrogens with one attached hydrogen (secondary N) is 2. The predicted octanol–water partition coefficient (Wildman–Crippen LogP) is 4.03. The minimum atomic E-state index is -3.88. The Morgan fingerprint density at radius 2 is 1.57 bits per heavy atom. The van der Waals surface area contributed by atoms with E-state index in [-0.39, 0.29) is 16.6 Å². The van der Waals surface area contributed by atoms with Crippen LogP contribution in [0.15, 0.2) is 65.8 Å². The molecule has 0 spiro atoms. The molecule has 4 aromatic rings. The first kappa shape index (κ1) is 19.8. The fraction of sp³-hybridized carbons (Fsp3) is 0.190. The summed E-state index contributed by atoms with van der Waals surface area (Å²) < 4.78 is 29.7. The molecule has 9 heteroatoms. The van der Waals surface area contributed by atoms with Gasteiger partial charge in [-0.1, -0.05) is 44.2 Å². The Bertz CT molecular complexity index is 1310. The van der Waals surface area contributed by atoms with E-state index in [0.717, 1.165) is 11.3 Å². The average molecular weight is 423 g/mol. The van der Waals surface area contributed by atoms with Gasteiger partial charge in [0, 0.05) is 18.9 Å². The minimum absolute atomic E-state index is 0.0495. The van der Waals surface area contributed by atoms with Crippen molar-refractivity contribution >= 4 is 38.4 Å². The number of benzene rings is 2. The SMILES string of the molecule is CC(C)c1ccccc1Nc1nc2ccccc2nc1NS(=O)(=O)c1cnn(C)c1. The first-order valence-corrected chi connectivity index (χ1v) is 11.0. The van der Waals surface area contributed by atoms with Gasteiger partial charge in [-0.3, -0.25) is 9.40 Å². The second-order valence-corrected chi connectivity index (χ2v) is 8.91. The maximum atomic E-state index is 12.9. The summed E-state index contributed by atoms with van der Waals surface area (Å²) in [6.45, 7) is 4.19. The molecule has 0 radical (unpaired) electrons. The zero-order valence-electron chi connectivity index (χ0n) is 16.9. The Balaban J connectivity index is 1.81. The van der Waals surface area contributed by atoms with E-state index in [2.05, 4.69) is 39.0 Å². The van der Waals surface area contributed by atoms with E-state index in [4.69, 9.17) is 0 Å². The molecular formula is C21H22N6O2S. The summed E-state index contributed by atoms with van der Waals surface area (Å²) in [5.74, 6) is 0.725. The third kappa shape index (κ3) is 3.97. The van der Waals surface area contributed by atoms with Crippen molar-refractivity contribution in [3.8, 4) is 0 Å². The molecule has 0 unspecified atom stereocenters. The van der Waals surface area contributed by atoms with Crippen molar-refractivity contribution < 1.29 is 8.42 Å². The van der Waals surface area contributed by atoms with Crippen molar-refractivity contribution in [1.29, 1.82) is 0 Å². The van der Waals surface area contributed by atoms with Gasteiger partial charge < -0.3 is 5.32 Å². The molecule has 2 aromatic heterocycles. The van der Waals surface area contributed by atoms with E-state index in [1.54, 1.807) is 13.1 Å². The molecule has 8 nitrogen and oxygen atoms in total. The fourth-order valence-corrected chi connectivity index (χ4v) is 4.12. The standard InChI is InChI=1S/C21H22N6O2S/c1-14(2)16-8-4-5-9-17(16)23-20-21(25-19-11-7-6-10-18(19)24-20)26-30(28,29)15-12-22-27(3)13-15/h4-14H,1-3H3,(H,23,24)(H,25,26). The summed E-state index contributed by atoms with van der Waals surface area (Å²) in [7, 11) is -2.22. The van der Waals surface area contributed by atoms with Crippen molar-refractivity contribution in [3.05, 3.63) is 66.5 Å². The van der Waals surface area contributed by atoms with Crippen LogP contribution in [-0.4, -0.2) is 28.2 Å². The van der Waals surface area contributed by atoms with E-state index in [1.807, 2.05) is 42.5 Å². The number of sulfonamides is 1. The van der Waals surface area contributed by atoms with E-state index >= 15 is 0 Å². The summed E-state index contributed by atoms with van der Waals surface area (Å²) in [6, 6.07) is 15.2. The van der Waals surface area contributed by atoms with Crippen LogP contribution in [0, 0.1) is 0 Å². The molecule has 0 fully saturated rings. The molecule has 0 aliphatic rings. The molecule has 0 amide bonds. The number of hydrogen-bond acceptors (Lipinski definition) is 6. The number of para-hydroxylation sites is 3. The molecule has 0 aliphatic heterocycles. The Labute approximate surface area is 175 Å². The Morgan fingerprint density at radius 1 is 0.933 bits per heavy atom. The zero-order chi connectivity index (χ0) is 21.3. The van der Waals surface area contributed by atoms with Crippen LogP contribution in [-0.2, 0) is 17.1 Å². The van der Waals surface area contributed by atoms with Crippen molar-refractivity contribution in [2.24, 2.45) is 7.05 Å². The van der Waals surface area contributed by atoms with Gasteiger partial charge in [-0.05, 0) is 29.7 Å². The highest BCUT2D eigenvalue weighted by Gasteiger charge is 2.21. The van der Waals surface area contributed by atoms with Gasteiger partial charge in [-0.15, -0.1) is 0 Å². The van der Waals surface area contributed by atoms with Crippen molar-refractivity contribution in [2.45, 2.75) is 24.7 Å². The number of anilines is 3. The third-order valence-electron chi connectivity index (χ3n) is 4.63. The summed E-state index contributed by atoms with van der Waals surface area (Å²) in [5.41, 5.74) is 3.18. The van der Waals surface area contributed by atoms with Crippen LogP contribution >= 0.6 is 0 Å². The zero-order valence-corrected chi connectivity index (χ0v) is 17.7. The topological polar surface area (TPSA) is 102 Å². The van der Waals surface area contributed by atoms with Gasteiger partial charge in [0.25, 0.3) is 10.0 Å². The molecule has 30 heavy (non-hydrogen) atoms. The lowest BCUT2D eigenvalue weighted by molar-refractivity contribution is 0.601. The van der Waals surface area contributed by atoms with Gasteiger partial charge in [0.1, 0.15) is 4.90 Å². The lowest BCUT2D eigenvalue weighted by Gasteiger charge is -2.17. The molecule has 4 rings (SSSR count). The van der Waals surface area contributed by atoms with E-state index in [1.165, 1.54) is 17.1 Å². The van der Waals surface area contributed by atoms with Crippen LogP contribution in [0.5, 0.6) is 0 Å². The van der Waals surface area contributed by atoms with Crippen LogP contribution in [0.2, 0.25) is 0 Å². The molecule has 0 saturated carbocycles. The summed E-state index contributed by atoms with van der Waals surface area (Å²) in [6.07, 6.45) is 2.72. The summed E-state index contributed by atoms with van der Waals surface area (Å²) in [5, 5.41) is 7.21. The molecule has 2 aromatic carbocycles. The molecular weight excluding hydrogens is 400 g/mol. The van der Waals surface area contributed by atoms with Crippen LogP contribution < -0.4 is 10.0 Å². The first-order valence-electron chi connectivity index (χ1n) is 9.48. The van der Waals surface area contributed by atoms with Crippen molar-refractivity contribution in [1.82, 2.24) is 19.7 Å². The molecule has 154 valence electrons. The quantitative estimate of drug-likeness (QED) is 0.486. The van der Waals surface area contributed by atoms with E-state index in [9.17, 15) is 8.42 Å². The maximum absolute atomic E-state index is 12.9. The van der Waals surface area contributed by atoms with E-state index < -0.39 is 10.0 Å². The molecule has 0 atom stereocenters. The molecule has 2 N–H and O–H groups in total. The maximum Gasteiger partial charge on any atom is 0.266 e. The highest BCUT2D eigenvalue weighted by atomic mass is 32.2. The van der Waals surface area contributed by atoms with E-state index in [0.29, 0.717) is 16.9 Å². The Morgan fingerprint density at radius 3 is 2.20 bits per heavy atom. The van der Waals surface area contributed by atoms with Crippen LogP contribution in [0.4, 0.5) is 17.3 Å². The normalized spacial score (nSPS) is 11.7. The Kier molecular flexibility index (Phi) is 5.13. The number of aryl methyl sites for hydroxylation is 1. The monoisotopic (exact) mass is 422 g/mol. The smallest absolute Gasteiger partial charge is 0.266 e. The lowest BCUT2D eigenvalue weighted by atomic mass is 10.0. The highest BCUT2D eigenvalue weighted by molar-refractivity contribution is 7.92. The summed E-state index contributed by atoms with van der Waals surface area (Å²) >= 11 is 0. The average Bonchev–Trinajstić information content (AvgIpc) is 3.16. The second-order valence-electron chi connectivity index (χ2n) is 7.23. The highest BCUT2D eigenvalue weighted by Crippen LogP contribution is 2.31. The van der Waals surface area contributed by atoms with Crippen molar-refractivity contribution in [2.75, 3.05) is 10.0 Å².